The number of allylic oxidation sites excluding steroid dienone is 1. The summed E-state index contributed by atoms with van der Waals surface area (Å²) in [5.74, 6) is 2.80. The molecule has 3 aromatic rings. The van der Waals surface area contributed by atoms with Crippen LogP contribution in [0.3, 0.4) is 0 Å². The van der Waals surface area contributed by atoms with Gasteiger partial charge >= 0.3 is 0 Å². The van der Waals surface area contributed by atoms with Crippen LogP contribution in [0.5, 0.6) is 0 Å². The second-order valence-corrected chi connectivity index (χ2v) is 7.57. The third-order valence-corrected chi connectivity index (χ3v) is 5.80. The Bertz CT molecular complexity index is 980. The molecule has 0 unspecified atom stereocenters. The Morgan fingerprint density at radius 2 is 1.96 bits per heavy atom. The summed E-state index contributed by atoms with van der Waals surface area (Å²) in [5.41, 5.74) is 0.868. The summed E-state index contributed by atoms with van der Waals surface area (Å²) in [4.78, 5) is 16.8. The van der Waals surface area contributed by atoms with Crippen molar-refractivity contribution >= 4 is 38.9 Å². The predicted octanol–water partition coefficient (Wildman–Crippen LogP) is 4.20. The van der Waals surface area contributed by atoms with Crippen LogP contribution in [-0.4, -0.2) is 41.4 Å². The second-order valence-electron chi connectivity index (χ2n) is 6.76. The average molecular weight is 382 g/mol. The van der Waals surface area contributed by atoms with E-state index in [1.54, 1.807) is 6.08 Å². The smallest absolute Gasteiger partial charge is 0.247 e. The molecule has 0 N–H and O–H groups in total. The SMILES string of the molecule is CCc1ccc(C(C)=CC(=O)N2CCN(c3nsc4ccccc34)CC2)o1. The fraction of sp³-hybridized carbons (Fsp3) is 0.333. The van der Waals surface area contributed by atoms with Gasteiger partial charge in [0.15, 0.2) is 0 Å². The highest BCUT2D eigenvalue weighted by Gasteiger charge is 2.23. The predicted molar refractivity (Wildman–Crippen MR) is 110 cm³/mol. The summed E-state index contributed by atoms with van der Waals surface area (Å²) in [7, 11) is 0. The van der Waals surface area contributed by atoms with Gasteiger partial charge in [0.05, 0.1) is 4.70 Å². The quantitative estimate of drug-likeness (QED) is 0.636. The number of rotatable bonds is 4. The zero-order valence-corrected chi connectivity index (χ0v) is 16.5. The number of fused-ring (bicyclic) bond motifs is 1. The molecule has 3 heterocycles. The van der Waals surface area contributed by atoms with Crippen LogP contribution < -0.4 is 4.90 Å². The highest BCUT2D eigenvalue weighted by atomic mass is 32.1. The molecule has 1 aromatic carbocycles. The summed E-state index contributed by atoms with van der Waals surface area (Å²) in [6.45, 7) is 6.98. The number of furan rings is 1. The molecule has 1 fully saturated rings. The number of amides is 1. The van der Waals surface area contributed by atoms with Crippen LogP contribution in [0.1, 0.15) is 25.4 Å². The van der Waals surface area contributed by atoms with E-state index in [4.69, 9.17) is 4.42 Å². The van der Waals surface area contributed by atoms with Crippen molar-refractivity contribution in [2.24, 2.45) is 0 Å². The van der Waals surface area contributed by atoms with Crippen molar-refractivity contribution in [1.82, 2.24) is 9.27 Å². The number of benzene rings is 1. The van der Waals surface area contributed by atoms with Gasteiger partial charge in [-0.05, 0) is 48.3 Å². The van der Waals surface area contributed by atoms with Gasteiger partial charge < -0.3 is 14.2 Å². The van der Waals surface area contributed by atoms with Crippen molar-refractivity contribution in [3.05, 3.63) is 54.0 Å². The van der Waals surface area contributed by atoms with Crippen LogP contribution in [0.4, 0.5) is 5.82 Å². The van der Waals surface area contributed by atoms with E-state index in [1.807, 2.05) is 36.1 Å². The van der Waals surface area contributed by atoms with Gasteiger partial charge in [0, 0.05) is 44.1 Å². The minimum Gasteiger partial charge on any atom is -0.461 e. The lowest BCUT2D eigenvalue weighted by Crippen LogP contribution is -2.48. The molecule has 27 heavy (non-hydrogen) atoms. The van der Waals surface area contributed by atoms with Gasteiger partial charge in [-0.1, -0.05) is 19.1 Å². The molecular formula is C21H23N3O2S. The number of hydrogen-bond donors (Lipinski definition) is 0. The molecule has 0 saturated carbocycles. The zero-order chi connectivity index (χ0) is 18.8. The molecule has 140 valence electrons. The number of carbonyl (C=O) groups is 1. The Labute approximate surface area is 163 Å². The maximum atomic E-state index is 12.6. The van der Waals surface area contributed by atoms with Gasteiger partial charge in [-0.25, -0.2) is 0 Å². The Balaban J connectivity index is 1.41. The number of carbonyl (C=O) groups excluding carboxylic acids is 1. The molecule has 1 saturated heterocycles. The van der Waals surface area contributed by atoms with Gasteiger partial charge in [0.25, 0.3) is 0 Å². The minimum absolute atomic E-state index is 0.0461. The first-order chi connectivity index (χ1) is 13.2. The molecular weight excluding hydrogens is 358 g/mol. The second kappa shape index (κ2) is 7.56. The molecule has 1 amide bonds. The van der Waals surface area contributed by atoms with Crippen molar-refractivity contribution in [2.45, 2.75) is 20.3 Å². The van der Waals surface area contributed by atoms with Crippen LogP contribution in [0, 0.1) is 0 Å². The van der Waals surface area contributed by atoms with Crippen molar-refractivity contribution in [1.29, 1.82) is 0 Å². The Morgan fingerprint density at radius 1 is 1.19 bits per heavy atom. The highest BCUT2D eigenvalue weighted by Crippen LogP contribution is 2.30. The molecule has 0 spiro atoms. The first kappa shape index (κ1) is 17.8. The lowest BCUT2D eigenvalue weighted by Gasteiger charge is -2.34. The standard InChI is InChI=1S/C21H23N3O2S/c1-3-16-8-9-18(26-16)15(2)14-20(25)23-10-12-24(13-11-23)21-17-6-4-5-7-19(17)27-22-21/h4-9,14H,3,10-13H2,1-2H3. The molecule has 6 heteroatoms. The summed E-state index contributed by atoms with van der Waals surface area (Å²) in [6.07, 6.45) is 2.54. The van der Waals surface area contributed by atoms with Gasteiger partial charge in [0.2, 0.25) is 5.91 Å². The summed E-state index contributed by atoms with van der Waals surface area (Å²) >= 11 is 1.53. The molecule has 4 rings (SSSR count). The van der Waals surface area contributed by atoms with E-state index in [9.17, 15) is 4.79 Å². The van der Waals surface area contributed by atoms with Gasteiger partial charge in [-0.15, -0.1) is 0 Å². The van der Waals surface area contributed by atoms with Gasteiger partial charge in [0.1, 0.15) is 17.3 Å². The molecule has 2 aromatic heterocycles. The Kier molecular flexibility index (Phi) is 4.99. The van der Waals surface area contributed by atoms with Crippen molar-refractivity contribution in [3.63, 3.8) is 0 Å². The molecule has 0 radical (unpaired) electrons. The molecule has 0 aliphatic carbocycles. The Hall–Kier alpha value is -2.60. The van der Waals surface area contributed by atoms with Crippen molar-refractivity contribution in [2.75, 3.05) is 31.1 Å². The first-order valence-corrected chi connectivity index (χ1v) is 10.1. The van der Waals surface area contributed by atoms with Crippen LogP contribution in [0.15, 0.2) is 46.9 Å². The van der Waals surface area contributed by atoms with E-state index >= 15 is 0 Å². The normalized spacial score (nSPS) is 15.6. The van der Waals surface area contributed by atoms with E-state index in [1.165, 1.54) is 21.6 Å². The molecule has 0 atom stereocenters. The van der Waals surface area contributed by atoms with Gasteiger partial charge in [-0.2, -0.15) is 4.37 Å². The zero-order valence-electron chi connectivity index (χ0n) is 15.6. The number of aromatic nitrogens is 1. The van der Waals surface area contributed by atoms with E-state index < -0.39 is 0 Å². The monoisotopic (exact) mass is 381 g/mol. The largest absolute Gasteiger partial charge is 0.461 e. The van der Waals surface area contributed by atoms with Crippen LogP contribution in [0.25, 0.3) is 15.7 Å². The van der Waals surface area contributed by atoms with E-state index in [-0.39, 0.29) is 5.91 Å². The van der Waals surface area contributed by atoms with Crippen molar-refractivity contribution < 1.29 is 9.21 Å². The third kappa shape index (κ3) is 3.62. The Morgan fingerprint density at radius 3 is 2.70 bits per heavy atom. The molecule has 1 aliphatic rings. The fourth-order valence-electron chi connectivity index (χ4n) is 3.37. The number of nitrogens with zero attached hydrogens (tertiary/aromatic N) is 3. The maximum Gasteiger partial charge on any atom is 0.247 e. The average Bonchev–Trinajstić information content (AvgIpc) is 3.35. The maximum absolute atomic E-state index is 12.6. The summed E-state index contributed by atoms with van der Waals surface area (Å²) in [6, 6.07) is 12.2. The topological polar surface area (TPSA) is 49.6 Å². The van der Waals surface area contributed by atoms with Crippen LogP contribution >= 0.6 is 11.5 Å². The molecule has 1 aliphatic heterocycles. The first-order valence-electron chi connectivity index (χ1n) is 9.31. The highest BCUT2D eigenvalue weighted by molar-refractivity contribution is 7.13. The number of aryl methyl sites for hydroxylation is 1. The summed E-state index contributed by atoms with van der Waals surface area (Å²) < 4.78 is 11.6. The molecule has 0 bridgehead atoms. The van der Waals surface area contributed by atoms with Crippen LogP contribution in [0.2, 0.25) is 0 Å². The van der Waals surface area contributed by atoms with Crippen LogP contribution in [-0.2, 0) is 11.2 Å². The lowest BCUT2D eigenvalue weighted by molar-refractivity contribution is -0.126. The summed E-state index contributed by atoms with van der Waals surface area (Å²) in [5, 5.41) is 1.20. The number of piperazine rings is 1. The number of hydrogen-bond acceptors (Lipinski definition) is 5. The van der Waals surface area contributed by atoms with Gasteiger partial charge in [-0.3, -0.25) is 4.79 Å². The fourth-order valence-corrected chi connectivity index (χ4v) is 4.16. The lowest BCUT2D eigenvalue weighted by atomic mass is 10.2. The van der Waals surface area contributed by atoms with Crippen molar-refractivity contribution in [3.8, 4) is 0 Å². The molecule has 5 nitrogen and oxygen atoms in total. The van der Waals surface area contributed by atoms with E-state index in [2.05, 4.69) is 28.3 Å². The minimum atomic E-state index is 0.0461. The number of anilines is 1. The third-order valence-electron chi connectivity index (χ3n) is 4.99. The van der Waals surface area contributed by atoms with E-state index in [0.717, 1.165) is 42.4 Å². The van der Waals surface area contributed by atoms with E-state index in [0.29, 0.717) is 13.1 Å².